The monoisotopic (exact) mass is 376 g/mol. The molecular formula is C22H29BN4O. The zero-order chi connectivity index (χ0) is 20.0. The summed E-state index contributed by atoms with van der Waals surface area (Å²) in [6.07, 6.45) is 4.37. The van der Waals surface area contributed by atoms with Gasteiger partial charge < -0.3 is 14.6 Å². The highest BCUT2D eigenvalue weighted by Crippen LogP contribution is 2.34. The zero-order valence-electron chi connectivity index (χ0n) is 17.6. The number of aliphatic hydroxyl groups is 1. The molecule has 1 atom stereocenters. The first-order valence-electron chi connectivity index (χ1n) is 10.2. The van der Waals surface area contributed by atoms with E-state index in [9.17, 15) is 5.11 Å². The number of nitrogens with zero attached hydrogens (tertiary/aromatic N) is 4. The van der Waals surface area contributed by atoms with E-state index in [1.165, 1.54) is 27.8 Å². The smallest absolute Gasteiger partial charge is 0.150 e. The second kappa shape index (κ2) is 7.24. The van der Waals surface area contributed by atoms with Gasteiger partial charge in [0.2, 0.25) is 0 Å². The average Bonchev–Trinajstić information content (AvgIpc) is 2.96. The number of hydrogen-bond donors (Lipinski definition) is 1. The maximum Gasteiger partial charge on any atom is 0.150 e. The van der Waals surface area contributed by atoms with Crippen molar-refractivity contribution in [2.45, 2.75) is 40.5 Å². The molecule has 3 aromatic rings. The predicted octanol–water partition coefficient (Wildman–Crippen LogP) is 2.12. The Hall–Kier alpha value is -2.34. The molecular weight excluding hydrogens is 347 g/mol. The predicted molar refractivity (Wildman–Crippen MR) is 118 cm³/mol. The fourth-order valence-corrected chi connectivity index (χ4v) is 4.75. The molecule has 4 rings (SSSR count). The van der Waals surface area contributed by atoms with E-state index in [0.717, 1.165) is 48.6 Å². The van der Waals surface area contributed by atoms with Crippen molar-refractivity contribution in [3.8, 4) is 5.69 Å². The van der Waals surface area contributed by atoms with E-state index < -0.39 is 0 Å². The number of piperidine rings is 1. The van der Waals surface area contributed by atoms with Crippen LogP contribution in [0.15, 0.2) is 18.3 Å². The number of aromatic nitrogens is 3. The molecule has 1 aromatic carbocycles. The second-order valence-corrected chi connectivity index (χ2v) is 8.36. The lowest BCUT2D eigenvalue weighted by Gasteiger charge is -2.33. The van der Waals surface area contributed by atoms with Crippen LogP contribution in [0, 0.1) is 33.6 Å². The summed E-state index contributed by atoms with van der Waals surface area (Å²) in [6.45, 7) is 10.5. The summed E-state index contributed by atoms with van der Waals surface area (Å²) in [4.78, 5) is 12.0. The molecule has 0 radical (unpaired) electrons. The van der Waals surface area contributed by atoms with Crippen molar-refractivity contribution in [2.75, 3.05) is 24.6 Å². The number of benzene rings is 1. The van der Waals surface area contributed by atoms with Crippen LogP contribution in [0.4, 0.5) is 5.82 Å². The van der Waals surface area contributed by atoms with Crippen LogP contribution >= 0.6 is 0 Å². The molecule has 5 nitrogen and oxygen atoms in total. The van der Waals surface area contributed by atoms with E-state index in [-0.39, 0.29) is 6.61 Å². The van der Waals surface area contributed by atoms with Crippen LogP contribution in [-0.2, 0) is 0 Å². The Morgan fingerprint density at radius 1 is 1.11 bits per heavy atom. The molecule has 28 heavy (non-hydrogen) atoms. The van der Waals surface area contributed by atoms with E-state index in [0.29, 0.717) is 5.92 Å². The molecule has 1 aliphatic heterocycles. The zero-order valence-corrected chi connectivity index (χ0v) is 17.6. The number of rotatable bonds is 3. The van der Waals surface area contributed by atoms with Crippen molar-refractivity contribution < 1.29 is 5.11 Å². The van der Waals surface area contributed by atoms with Crippen LogP contribution in [0.1, 0.15) is 35.4 Å². The highest BCUT2D eigenvalue weighted by Gasteiger charge is 2.25. The highest BCUT2D eigenvalue weighted by molar-refractivity contribution is 6.32. The van der Waals surface area contributed by atoms with Gasteiger partial charge in [-0.25, -0.2) is 9.97 Å². The summed E-state index contributed by atoms with van der Waals surface area (Å²) in [5.41, 5.74) is 7.16. The van der Waals surface area contributed by atoms with Crippen LogP contribution < -0.4 is 10.4 Å². The SMILES string of the molecule is Bc1cc(C)c(-n2cc(C)c3c(N4CCCC(CO)C4)nc(C)nc32)c(C)c1. The van der Waals surface area contributed by atoms with Crippen molar-refractivity contribution >= 4 is 30.2 Å². The molecule has 0 amide bonds. The third kappa shape index (κ3) is 3.20. The largest absolute Gasteiger partial charge is 0.396 e. The van der Waals surface area contributed by atoms with E-state index >= 15 is 0 Å². The quantitative estimate of drug-likeness (QED) is 0.712. The lowest BCUT2D eigenvalue weighted by atomic mass is 9.91. The normalized spacial score (nSPS) is 17.5. The Kier molecular flexibility index (Phi) is 4.92. The lowest BCUT2D eigenvalue weighted by Crippen LogP contribution is -2.37. The summed E-state index contributed by atoms with van der Waals surface area (Å²) in [6, 6.07) is 4.46. The minimum absolute atomic E-state index is 0.242. The van der Waals surface area contributed by atoms with Crippen molar-refractivity contribution in [2.24, 2.45) is 5.92 Å². The molecule has 0 spiro atoms. The van der Waals surface area contributed by atoms with Gasteiger partial charge in [-0.05, 0) is 63.1 Å². The van der Waals surface area contributed by atoms with Gasteiger partial charge in [-0.2, -0.15) is 0 Å². The van der Waals surface area contributed by atoms with Gasteiger partial charge in [0.05, 0.1) is 11.1 Å². The molecule has 0 saturated carbocycles. The minimum atomic E-state index is 0.242. The number of hydrogen-bond acceptors (Lipinski definition) is 4. The van der Waals surface area contributed by atoms with Gasteiger partial charge in [-0.15, -0.1) is 0 Å². The molecule has 2 aromatic heterocycles. The Morgan fingerprint density at radius 3 is 2.50 bits per heavy atom. The molecule has 0 aliphatic carbocycles. The molecule has 3 heterocycles. The third-order valence-corrected chi connectivity index (χ3v) is 5.88. The van der Waals surface area contributed by atoms with E-state index in [1.54, 1.807) is 0 Å². The molecule has 1 fully saturated rings. The van der Waals surface area contributed by atoms with Crippen LogP contribution in [0.3, 0.4) is 0 Å². The average molecular weight is 376 g/mol. The van der Waals surface area contributed by atoms with Gasteiger partial charge in [0.1, 0.15) is 19.5 Å². The van der Waals surface area contributed by atoms with Crippen molar-refractivity contribution in [1.29, 1.82) is 0 Å². The molecule has 1 N–H and O–H groups in total. The van der Waals surface area contributed by atoms with Crippen LogP contribution in [0.2, 0.25) is 0 Å². The summed E-state index contributed by atoms with van der Waals surface area (Å²) < 4.78 is 2.24. The second-order valence-electron chi connectivity index (χ2n) is 8.36. The Balaban J connectivity index is 1.92. The fraction of sp³-hybridized carbons (Fsp3) is 0.455. The molecule has 1 aliphatic rings. The Labute approximate surface area is 167 Å². The minimum Gasteiger partial charge on any atom is -0.396 e. The summed E-state index contributed by atoms with van der Waals surface area (Å²) in [5.74, 6) is 2.12. The van der Waals surface area contributed by atoms with E-state index in [1.807, 2.05) is 6.92 Å². The molecule has 1 unspecified atom stereocenters. The van der Waals surface area contributed by atoms with Crippen LogP contribution in [0.5, 0.6) is 0 Å². The molecule has 146 valence electrons. The summed E-state index contributed by atoms with van der Waals surface area (Å²) >= 11 is 0. The maximum absolute atomic E-state index is 9.65. The first kappa shape index (κ1) is 19.0. The summed E-state index contributed by atoms with van der Waals surface area (Å²) in [5, 5.41) is 10.8. The maximum atomic E-state index is 9.65. The van der Waals surface area contributed by atoms with Crippen LogP contribution in [-0.4, -0.2) is 47.2 Å². The summed E-state index contributed by atoms with van der Waals surface area (Å²) in [7, 11) is 2.14. The topological polar surface area (TPSA) is 54.2 Å². The molecule has 1 saturated heterocycles. The first-order chi connectivity index (χ1) is 13.4. The van der Waals surface area contributed by atoms with Gasteiger partial charge in [0.25, 0.3) is 0 Å². The van der Waals surface area contributed by atoms with Gasteiger partial charge in [-0.1, -0.05) is 17.6 Å². The van der Waals surface area contributed by atoms with Crippen molar-refractivity contribution in [3.63, 3.8) is 0 Å². The van der Waals surface area contributed by atoms with Crippen molar-refractivity contribution in [3.05, 3.63) is 40.8 Å². The number of anilines is 1. The fourth-order valence-electron chi connectivity index (χ4n) is 4.75. The van der Waals surface area contributed by atoms with Gasteiger partial charge in [0.15, 0.2) is 5.65 Å². The van der Waals surface area contributed by atoms with Crippen molar-refractivity contribution in [1.82, 2.24) is 14.5 Å². The number of fused-ring (bicyclic) bond motifs is 1. The highest BCUT2D eigenvalue weighted by atomic mass is 16.3. The number of aliphatic hydroxyl groups excluding tert-OH is 1. The van der Waals surface area contributed by atoms with Gasteiger partial charge in [0, 0.05) is 25.9 Å². The van der Waals surface area contributed by atoms with Crippen LogP contribution in [0.25, 0.3) is 16.7 Å². The van der Waals surface area contributed by atoms with E-state index in [4.69, 9.17) is 9.97 Å². The number of aryl methyl sites for hydroxylation is 4. The molecule has 6 heteroatoms. The standard InChI is InChI=1S/C22H29BN4O/c1-13-8-18(23)9-14(2)20(13)27-10-15(3)19-21(24-16(4)25-22(19)27)26-7-5-6-17(11-26)12-28/h8-10,17,28H,5-7,11-12,23H2,1-4H3. The Morgan fingerprint density at radius 2 is 1.82 bits per heavy atom. The van der Waals surface area contributed by atoms with Gasteiger partial charge in [-0.3, -0.25) is 0 Å². The third-order valence-electron chi connectivity index (χ3n) is 5.88. The lowest BCUT2D eigenvalue weighted by molar-refractivity contribution is 0.208. The first-order valence-corrected chi connectivity index (χ1v) is 10.2. The Bertz CT molecular complexity index is 1020. The van der Waals surface area contributed by atoms with E-state index in [2.05, 4.69) is 56.4 Å². The van der Waals surface area contributed by atoms with Gasteiger partial charge >= 0.3 is 0 Å². The molecule has 0 bridgehead atoms.